The highest BCUT2D eigenvalue weighted by atomic mass is 16.5. The smallest absolute Gasteiger partial charge is 0.343 e. The lowest BCUT2D eigenvalue weighted by Crippen LogP contribution is -2.25. The molecule has 0 spiro atoms. The van der Waals surface area contributed by atoms with E-state index in [4.69, 9.17) is 18.9 Å². The van der Waals surface area contributed by atoms with Crippen LogP contribution in [-0.4, -0.2) is 44.5 Å². The Labute approximate surface area is 196 Å². The minimum absolute atomic E-state index is 0.204. The number of nitrogens with zero attached hydrogens (tertiary/aromatic N) is 1. The number of aliphatic hydroxyl groups excluding tert-OH is 1. The summed E-state index contributed by atoms with van der Waals surface area (Å²) in [4.78, 5) is 24.8. The Kier molecular flexibility index (Phi) is 8.20. The van der Waals surface area contributed by atoms with Crippen molar-refractivity contribution in [1.82, 2.24) is 5.43 Å². The van der Waals surface area contributed by atoms with E-state index in [1.54, 1.807) is 54.6 Å². The summed E-state index contributed by atoms with van der Waals surface area (Å²) in [7, 11) is 4.37. The molecule has 2 N–H and O–H groups in total. The minimum Gasteiger partial charge on any atom is -0.493 e. The van der Waals surface area contributed by atoms with Crippen molar-refractivity contribution < 1.29 is 33.6 Å². The lowest BCUT2D eigenvalue weighted by Gasteiger charge is -2.13. The molecule has 0 saturated heterocycles. The van der Waals surface area contributed by atoms with Gasteiger partial charge >= 0.3 is 5.97 Å². The number of benzene rings is 3. The first kappa shape index (κ1) is 24.3. The molecule has 1 atom stereocenters. The summed E-state index contributed by atoms with van der Waals surface area (Å²) < 4.78 is 21.2. The zero-order valence-electron chi connectivity index (χ0n) is 18.8. The molecule has 3 aromatic rings. The summed E-state index contributed by atoms with van der Waals surface area (Å²) in [6.45, 7) is 0. The predicted molar refractivity (Wildman–Crippen MR) is 125 cm³/mol. The van der Waals surface area contributed by atoms with E-state index in [2.05, 4.69) is 10.5 Å². The van der Waals surface area contributed by atoms with E-state index in [-0.39, 0.29) is 11.3 Å². The molecule has 34 heavy (non-hydrogen) atoms. The Balaban J connectivity index is 1.67. The van der Waals surface area contributed by atoms with Crippen LogP contribution in [0.3, 0.4) is 0 Å². The lowest BCUT2D eigenvalue weighted by molar-refractivity contribution is -0.129. The van der Waals surface area contributed by atoms with Crippen molar-refractivity contribution in [3.05, 3.63) is 83.4 Å². The van der Waals surface area contributed by atoms with Crippen molar-refractivity contribution in [2.45, 2.75) is 6.10 Å². The highest BCUT2D eigenvalue weighted by molar-refractivity contribution is 5.93. The van der Waals surface area contributed by atoms with Crippen molar-refractivity contribution in [2.75, 3.05) is 21.3 Å². The average Bonchev–Trinajstić information content (AvgIpc) is 2.87. The molecule has 0 aliphatic heterocycles. The summed E-state index contributed by atoms with van der Waals surface area (Å²) in [6, 6.07) is 18.0. The summed E-state index contributed by atoms with van der Waals surface area (Å²) in [5, 5.41) is 13.9. The number of ether oxygens (including phenoxy) is 4. The first-order valence-electron chi connectivity index (χ1n) is 10.1. The standard InChI is InChI=1S/C25H24N2O7/c1-31-20-13-18(14-21(32-2)23(20)33-3)25(30)34-19-11-7-8-16(12-19)15-26-27-24(29)22(28)17-9-5-4-6-10-17/h4-15,22,28H,1-3H3,(H,27,29)/b26-15-/t22-/m1/s1. The van der Waals surface area contributed by atoms with E-state index < -0.39 is 18.0 Å². The number of nitrogens with one attached hydrogen (secondary N) is 1. The van der Waals surface area contributed by atoms with Crippen LogP contribution in [0.25, 0.3) is 0 Å². The van der Waals surface area contributed by atoms with Crippen LogP contribution in [0.1, 0.15) is 27.6 Å². The highest BCUT2D eigenvalue weighted by Gasteiger charge is 2.19. The molecule has 3 rings (SSSR count). The second-order valence-electron chi connectivity index (χ2n) is 6.92. The van der Waals surface area contributed by atoms with E-state index >= 15 is 0 Å². The van der Waals surface area contributed by atoms with Crippen LogP contribution in [0.15, 0.2) is 71.8 Å². The van der Waals surface area contributed by atoms with Crippen molar-refractivity contribution in [1.29, 1.82) is 0 Å². The van der Waals surface area contributed by atoms with Gasteiger partial charge in [-0.2, -0.15) is 5.10 Å². The molecule has 0 aliphatic rings. The minimum atomic E-state index is -1.34. The Morgan fingerprint density at radius 2 is 1.59 bits per heavy atom. The summed E-state index contributed by atoms with van der Waals surface area (Å²) >= 11 is 0. The number of rotatable bonds is 9. The third kappa shape index (κ3) is 5.90. The van der Waals surface area contributed by atoms with E-state index in [1.165, 1.54) is 39.7 Å². The van der Waals surface area contributed by atoms with E-state index in [0.717, 1.165) is 0 Å². The Hall–Kier alpha value is -4.37. The lowest BCUT2D eigenvalue weighted by atomic mass is 10.1. The van der Waals surface area contributed by atoms with Crippen molar-refractivity contribution in [3.63, 3.8) is 0 Å². The summed E-state index contributed by atoms with van der Waals surface area (Å²) in [5.74, 6) is -0.0381. The second kappa shape index (κ2) is 11.5. The van der Waals surface area contributed by atoms with Gasteiger partial charge in [-0.15, -0.1) is 0 Å². The maximum absolute atomic E-state index is 12.7. The first-order valence-corrected chi connectivity index (χ1v) is 10.1. The number of hydrogen-bond donors (Lipinski definition) is 2. The van der Waals surface area contributed by atoms with Gasteiger partial charge in [0.2, 0.25) is 5.75 Å². The van der Waals surface area contributed by atoms with Crippen LogP contribution in [-0.2, 0) is 4.79 Å². The molecule has 0 fully saturated rings. The van der Waals surface area contributed by atoms with Gasteiger partial charge in [-0.05, 0) is 35.4 Å². The number of aliphatic hydroxyl groups is 1. The van der Waals surface area contributed by atoms with E-state index in [9.17, 15) is 14.7 Å². The SMILES string of the molecule is COc1cc(C(=O)Oc2cccc(/C=N\NC(=O)[C@H](O)c3ccccc3)c2)cc(OC)c1OC. The van der Waals surface area contributed by atoms with Gasteiger partial charge in [0.15, 0.2) is 17.6 Å². The van der Waals surface area contributed by atoms with E-state index in [0.29, 0.717) is 28.4 Å². The monoisotopic (exact) mass is 464 g/mol. The number of amides is 1. The molecule has 176 valence electrons. The fraction of sp³-hybridized carbons (Fsp3) is 0.160. The van der Waals surface area contributed by atoms with Crippen molar-refractivity contribution in [2.24, 2.45) is 5.10 Å². The zero-order valence-corrected chi connectivity index (χ0v) is 18.8. The molecule has 0 radical (unpaired) electrons. The number of methoxy groups -OCH3 is 3. The van der Waals surface area contributed by atoms with Crippen molar-refractivity contribution in [3.8, 4) is 23.0 Å². The van der Waals surface area contributed by atoms with Gasteiger partial charge < -0.3 is 24.1 Å². The predicted octanol–water partition coefficient (Wildman–Crippen LogP) is 3.12. The zero-order chi connectivity index (χ0) is 24.5. The second-order valence-corrected chi connectivity index (χ2v) is 6.92. The van der Waals surface area contributed by atoms with Gasteiger partial charge in [0, 0.05) is 0 Å². The van der Waals surface area contributed by atoms with Gasteiger partial charge in [0.25, 0.3) is 5.91 Å². The number of hydrazone groups is 1. The fourth-order valence-electron chi connectivity index (χ4n) is 3.04. The van der Waals surface area contributed by atoms with Gasteiger partial charge in [0.1, 0.15) is 5.75 Å². The Morgan fingerprint density at radius 1 is 0.912 bits per heavy atom. The fourth-order valence-corrected chi connectivity index (χ4v) is 3.04. The van der Waals surface area contributed by atoms with Gasteiger partial charge in [0.05, 0.1) is 33.1 Å². The third-order valence-electron chi connectivity index (χ3n) is 4.72. The average molecular weight is 464 g/mol. The number of carbonyl (C=O) groups is 2. The largest absolute Gasteiger partial charge is 0.493 e. The Bertz CT molecular complexity index is 1150. The van der Waals surface area contributed by atoms with Crippen LogP contribution < -0.4 is 24.4 Å². The van der Waals surface area contributed by atoms with Gasteiger partial charge in [-0.25, -0.2) is 10.2 Å². The molecule has 0 aromatic heterocycles. The normalized spacial score (nSPS) is 11.5. The molecule has 9 heteroatoms. The maximum Gasteiger partial charge on any atom is 0.343 e. The van der Waals surface area contributed by atoms with Crippen LogP contribution >= 0.6 is 0 Å². The van der Waals surface area contributed by atoms with E-state index in [1.807, 2.05) is 0 Å². The van der Waals surface area contributed by atoms with Crippen LogP contribution in [0, 0.1) is 0 Å². The number of hydrogen-bond acceptors (Lipinski definition) is 8. The molecular weight excluding hydrogens is 440 g/mol. The molecule has 0 aliphatic carbocycles. The molecule has 0 saturated carbocycles. The van der Waals surface area contributed by atoms with Gasteiger partial charge in [-0.3, -0.25) is 4.79 Å². The number of esters is 1. The van der Waals surface area contributed by atoms with Crippen LogP contribution in [0.4, 0.5) is 0 Å². The molecule has 1 amide bonds. The Morgan fingerprint density at radius 3 is 2.21 bits per heavy atom. The molecule has 0 heterocycles. The van der Waals surface area contributed by atoms with Gasteiger partial charge in [-0.1, -0.05) is 42.5 Å². The molecule has 3 aromatic carbocycles. The maximum atomic E-state index is 12.7. The highest BCUT2D eigenvalue weighted by Crippen LogP contribution is 2.38. The summed E-state index contributed by atoms with van der Waals surface area (Å²) in [6.07, 6.45) is 0.0240. The van der Waals surface area contributed by atoms with Crippen LogP contribution in [0.2, 0.25) is 0 Å². The topological polar surface area (TPSA) is 116 Å². The van der Waals surface area contributed by atoms with Crippen molar-refractivity contribution >= 4 is 18.1 Å². The molecule has 0 unspecified atom stereocenters. The molecular formula is C25H24N2O7. The molecule has 9 nitrogen and oxygen atoms in total. The van der Waals surface area contributed by atoms with Crippen LogP contribution in [0.5, 0.6) is 23.0 Å². The number of carbonyl (C=O) groups excluding carboxylic acids is 2. The summed E-state index contributed by atoms with van der Waals surface area (Å²) in [5.41, 5.74) is 3.50. The first-order chi connectivity index (χ1) is 16.5. The third-order valence-corrected chi connectivity index (χ3v) is 4.72. The quantitative estimate of drug-likeness (QED) is 0.216. The molecule has 0 bridgehead atoms.